The van der Waals surface area contributed by atoms with Crippen LogP contribution >= 0.6 is 0 Å². The number of esters is 3. The molecule has 1 atom stereocenters. The van der Waals surface area contributed by atoms with Crippen LogP contribution in [0.3, 0.4) is 0 Å². The van der Waals surface area contributed by atoms with Crippen LogP contribution in [0.2, 0.25) is 0 Å². The fourth-order valence-electron chi connectivity index (χ4n) is 6.82. The number of allylic oxidation sites excluding steroid dienone is 12. The largest absolute Gasteiger partial charge is 0.462 e. The summed E-state index contributed by atoms with van der Waals surface area (Å²) in [6.07, 6.45) is 61.6. The Morgan fingerprint density at radius 2 is 0.656 bits per heavy atom. The Labute approximate surface area is 376 Å². The Morgan fingerprint density at radius 3 is 1.07 bits per heavy atom. The maximum atomic E-state index is 12.8. The lowest BCUT2D eigenvalue weighted by Crippen LogP contribution is -2.30. The van der Waals surface area contributed by atoms with Crippen molar-refractivity contribution in [1.82, 2.24) is 0 Å². The molecule has 0 aliphatic heterocycles. The zero-order chi connectivity index (χ0) is 44.4. The van der Waals surface area contributed by atoms with E-state index in [9.17, 15) is 14.4 Å². The number of unbranched alkanes of at least 4 members (excludes halogenated alkanes) is 22. The highest BCUT2D eigenvalue weighted by molar-refractivity contribution is 5.71. The maximum Gasteiger partial charge on any atom is 0.306 e. The van der Waals surface area contributed by atoms with E-state index in [1.165, 1.54) is 70.6 Å². The SMILES string of the molecule is CC/C=C\C/C=C\C/C=C\CCCCCCCC(=O)OC[C@@H](COC(=O)CCCCCCC/C=C\CCCCCCC)OC(=O)CCCCCCC/C=C\C/C=C\CCCC. The van der Waals surface area contributed by atoms with E-state index in [1.807, 2.05) is 0 Å². The van der Waals surface area contributed by atoms with Crippen molar-refractivity contribution < 1.29 is 28.6 Å². The number of hydrogen-bond acceptors (Lipinski definition) is 6. The summed E-state index contributed by atoms with van der Waals surface area (Å²) in [5, 5.41) is 0. The fraction of sp³-hybridized carbons (Fsp3) is 0.727. The molecule has 0 saturated carbocycles. The molecule has 0 amide bonds. The number of hydrogen-bond donors (Lipinski definition) is 0. The van der Waals surface area contributed by atoms with Gasteiger partial charge in [-0.2, -0.15) is 0 Å². The van der Waals surface area contributed by atoms with Crippen molar-refractivity contribution in [2.75, 3.05) is 13.2 Å². The van der Waals surface area contributed by atoms with Crippen molar-refractivity contribution in [2.45, 2.75) is 245 Å². The molecule has 0 aliphatic carbocycles. The number of rotatable bonds is 45. The molecule has 0 fully saturated rings. The Hall–Kier alpha value is -3.15. The van der Waals surface area contributed by atoms with E-state index in [4.69, 9.17) is 14.2 Å². The fourth-order valence-corrected chi connectivity index (χ4v) is 6.82. The molecule has 350 valence electrons. The smallest absolute Gasteiger partial charge is 0.306 e. The monoisotopic (exact) mass is 851 g/mol. The Morgan fingerprint density at radius 1 is 0.344 bits per heavy atom. The van der Waals surface area contributed by atoms with Gasteiger partial charge in [0.25, 0.3) is 0 Å². The summed E-state index contributed by atoms with van der Waals surface area (Å²) < 4.78 is 16.8. The van der Waals surface area contributed by atoms with Gasteiger partial charge in [0.15, 0.2) is 6.10 Å². The number of carbonyl (C=O) groups is 3. The average Bonchev–Trinajstić information content (AvgIpc) is 3.26. The van der Waals surface area contributed by atoms with Gasteiger partial charge in [0, 0.05) is 19.3 Å². The second-order valence-corrected chi connectivity index (χ2v) is 16.7. The number of carbonyl (C=O) groups excluding carboxylic acids is 3. The molecule has 0 saturated heterocycles. The number of ether oxygens (including phenoxy) is 3. The van der Waals surface area contributed by atoms with Crippen molar-refractivity contribution >= 4 is 17.9 Å². The minimum Gasteiger partial charge on any atom is -0.462 e. The van der Waals surface area contributed by atoms with E-state index >= 15 is 0 Å². The van der Waals surface area contributed by atoms with Crippen LogP contribution in [0.1, 0.15) is 239 Å². The van der Waals surface area contributed by atoms with Gasteiger partial charge in [0.05, 0.1) is 0 Å². The molecule has 0 bridgehead atoms. The van der Waals surface area contributed by atoms with Crippen LogP contribution in [0.5, 0.6) is 0 Å². The second-order valence-electron chi connectivity index (χ2n) is 16.7. The highest BCUT2D eigenvalue weighted by atomic mass is 16.6. The quantitative estimate of drug-likeness (QED) is 0.0263. The first kappa shape index (κ1) is 57.9. The highest BCUT2D eigenvalue weighted by Gasteiger charge is 2.19. The molecule has 0 heterocycles. The Bertz CT molecular complexity index is 1160. The van der Waals surface area contributed by atoms with Gasteiger partial charge in [-0.15, -0.1) is 0 Å². The molecule has 0 aromatic rings. The summed E-state index contributed by atoms with van der Waals surface area (Å²) in [4.78, 5) is 37.9. The van der Waals surface area contributed by atoms with Crippen LogP contribution in [-0.2, 0) is 28.6 Å². The third-order valence-electron chi connectivity index (χ3n) is 10.7. The third kappa shape index (κ3) is 47.7. The van der Waals surface area contributed by atoms with Gasteiger partial charge in [-0.05, 0) is 103 Å². The summed E-state index contributed by atoms with van der Waals surface area (Å²) >= 11 is 0. The van der Waals surface area contributed by atoms with Crippen LogP contribution in [0.15, 0.2) is 72.9 Å². The minimum atomic E-state index is -0.792. The molecule has 0 aliphatic rings. The normalized spacial score (nSPS) is 12.6. The first-order chi connectivity index (χ1) is 30.0. The van der Waals surface area contributed by atoms with Gasteiger partial charge >= 0.3 is 17.9 Å². The third-order valence-corrected chi connectivity index (χ3v) is 10.7. The molecule has 0 spiro atoms. The van der Waals surface area contributed by atoms with Crippen LogP contribution in [-0.4, -0.2) is 37.2 Å². The molecular formula is C55H94O6. The van der Waals surface area contributed by atoms with E-state index < -0.39 is 6.10 Å². The van der Waals surface area contributed by atoms with E-state index in [0.29, 0.717) is 19.3 Å². The van der Waals surface area contributed by atoms with Gasteiger partial charge in [-0.1, -0.05) is 190 Å². The van der Waals surface area contributed by atoms with Crippen molar-refractivity contribution in [2.24, 2.45) is 0 Å². The maximum absolute atomic E-state index is 12.8. The Balaban J connectivity index is 4.45. The molecule has 6 nitrogen and oxygen atoms in total. The molecule has 6 heteroatoms. The van der Waals surface area contributed by atoms with Crippen LogP contribution < -0.4 is 0 Å². The molecule has 0 N–H and O–H groups in total. The highest BCUT2D eigenvalue weighted by Crippen LogP contribution is 2.13. The molecule has 0 rings (SSSR count). The molecular weight excluding hydrogens is 757 g/mol. The summed E-state index contributed by atoms with van der Waals surface area (Å²) in [5.74, 6) is -0.931. The molecule has 0 radical (unpaired) electrons. The lowest BCUT2D eigenvalue weighted by atomic mass is 10.1. The Kier molecular flexibility index (Phi) is 46.9. The van der Waals surface area contributed by atoms with E-state index in [1.54, 1.807) is 0 Å². The van der Waals surface area contributed by atoms with Gasteiger partial charge in [-0.25, -0.2) is 0 Å². The lowest BCUT2D eigenvalue weighted by Gasteiger charge is -2.18. The van der Waals surface area contributed by atoms with Crippen LogP contribution in [0.25, 0.3) is 0 Å². The minimum absolute atomic E-state index is 0.0914. The molecule has 0 aromatic carbocycles. The zero-order valence-electron chi connectivity index (χ0n) is 39.9. The van der Waals surface area contributed by atoms with Crippen molar-refractivity contribution in [1.29, 1.82) is 0 Å². The van der Waals surface area contributed by atoms with Crippen LogP contribution in [0.4, 0.5) is 0 Å². The lowest BCUT2D eigenvalue weighted by molar-refractivity contribution is -0.167. The van der Waals surface area contributed by atoms with Gasteiger partial charge in [0.1, 0.15) is 13.2 Å². The second kappa shape index (κ2) is 49.5. The summed E-state index contributed by atoms with van der Waals surface area (Å²) in [6.45, 7) is 6.44. The zero-order valence-corrected chi connectivity index (χ0v) is 39.9. The van der Waals surface area contributed by atoms with Gasteiger partial charge < -0.3 is 14.2 Å². The van der Waals surface area contributed by atoms with E-state index in [2.05, 4.69) is 93.7 Å². The summed E-state index contributed by atoms with van der Waals surface area (Å²) in [7, 11) is 0. The summed E-state index contributed by atoms with van der Waals surface area (Å²) in [6, 6.07) is 0. The van der Waals surface area contributed by atoms with E-state index in [-0.39, 0.29) is 31.1 Å². The van der Waals surface area contributed by atoms with Crippen molar-refractivity contribution in [3.63, 3.8) is 0 Å². The van der Waals surface area contributed by atoms with Crippen molar-refractivity contribution in [3.8, 4) is 0 Å². The van der Waals surface area contributed by atoms with Gasteiger partial charge in [-0.3, -0.25) is 14.4 Å². The predicted octanol–water partition coefficient (Wildman–Crippen LogP) is 16.6. The van der Waals surface area contributed by atoms with E-state index in [0.717, 1.165) is 128 Å². The standard InChI is InChI=1S/C55H94O6/c1-4-7-10-13-16-19-22-25-28-31-33-36-39-42-45-48-54(57)60-51-52(61-55(58)49-46-43-40-37-34-30-27-24-21-18-15-12-9-6-3)50-59-53(56)47-44-41-38-35-32-29-26-23-20-17-14-11-8-5-2/h7,10,15-16,18-19,23-28,52H,4-6,8-9,11-14,17,20-22,29-51H2,1-3H3/b10-7-,18-15-,19-16-,26-23-,27-24-,28-25-/t52-/m1/s1. The van der Waals surface area contributed by atoms with Crippen LogP contribution in [0, 0.1) is 0 Å². The first-order valence-electron chi connectivity index (χ1n) is 25.4. The topological polar surface area (TPSA) is 78.9 Å². The molecule has 0 unspecified atom stereocenters. The van der Waals surface area contributed by atoms with Gasteiger partial charge in [0.2, 0.25) is 0 Å². The summed E-state index contributed by atoms with van der Waals surface area (Å²) in [5.41, 5.74) is 0. The molecule has 0 aromatic heterocycles. The van der Waals surface area contributed by atoms with Crippen molar-refractivity contribution in [3.05, 3.63) is 72.9 Å². The first-order valence-corrected chi connectivity index (χ1v) is 25.4. The molecule has 61 heavy (non-hydrogen) atoms. The average molecular weight is 851 g/mol. The predicted molar refractivity (Wildman–Crippen MR) is 261 cm³/mol.